The molecule has 0 aromatic heterocycles. The largest absolute Gasteiger partial charge is 0.273 e. The van der Waals surface area contributed by atoms with Crippen molar-refractivity contribution in [3.8, 4) is 0 Å². The Bertz CT molecular complexity index is 205. The van der Waals surface area contributed by atoms with E-state index in [0.29, 0.717) is 6.42 Å². The Kier molecular flexibility index (Phi) is 6.07. The second-order valence-corrected chi connectivity index (χ2v) is 15.4. The van der Waals surface area contributed by atoms with Gasteiger partial charge >= 0.3 is 0 Å². The smallest absolute Gasteiger partial charge is 0.267 e. The van der Waals surface area contributed by atoms with Crippen molar-refractivity contribution in [2.75, 3.05) is 12.9 Å². The average Bonchev–Trinajstić information content (AvgIpc) is 1.83. The Morgan fingerprint density at radius 1 is 1.36 bits per heavy atom. The molecular weight excluding hydrogens is 509 g/mol. The molecule has 0 N–H and O–H groups in total. The molecule has 0 aromatic carbocycles. The monoisotopic (exact) mass is 516 g/mol. The lowest BCUT2D eigenvalue weighted by Crippen LogP contribution is -2.13. The molecule has 0 bridgehead atoms. The van der Waals surface area contributed by atoms with Crippen LogP contribution in [-0.2, 0) is 14.3 Å². The molecule has 0 aromatic rings. The minimum absolute atomic E-state index is 0.0428. The zero-order chi connectivity index (χ0) is 9.12. The molecule has 0 heterocycles. The van der Waals surface area contributed by atoms with Crippen LogP contribution >= 0.6 is 67.8 Å². The van der Waals surface area contributed by atoms with E-state index < -0.39 is 10.1 Å². The van der Waals surface area contributed by atoms with Crippen molar-refractivity contribution >= 4 is 77.9 Å². The van der Waals surface area contributed by atoms with Crippen LogP contribution in [0.25, 0.3) is 0 Å². The molecule has 0 atom stereocenters. The molecule has 0 saturated heterocycles. The second-order valence-electron chi connectivity index (χ2n) is 1.79. The predicted octanol–water partition coefficient (Wildman–Crippen LogP) is 2.31. The number of hydrogen-bond acceptors (Lipinski definition) is 3. The fourth-order valence-corrected chi connectivity index (χ4v) is 2.95. The molecule has 68 valence electrons. The molecule has 3 nitrogen and oxygen atoms in total. The van der Waals surface area contributed by atoms with Gasteiger partial charge in [0.1, 0.15) is -0.565 Å². The van der Waals surface area contributed by atoms with Crippen LogP contribution in [0.4, 0.5) is 0 Å². The first-order chi connectivity index (χ1) is 4.77. The third-order valence-electron chi connectivity index (χ3n) is 0.889. The van der Waals surface area contributed by atoms with Gasteiger partial charge in [0.25, 0.3) is 10.1 Å². The SMILES string of the molecule is COS(=O)(=O)CCC(I)(I)I. The lowest BCUT2D eigenvalue weighted by atomic mass is 10.6. The summed E-state index contributed by atoms with van der Waals surface area (Å²) in [5.41, 5.74) is 0. The van der Waals surface area contributed by atoms with Gasteiger partial charge in [0.15, 0.2) is 0 Å². The van der Waals surface area contributed by atoms with Crippen molar-refractivity contribution < 1.29 is 12.6 Å². The van der Waals surface area contributed by atoms with Gasteiger partial charge in [-0.2, -0.15) is 8.42 Å². The summed E-state index contributed by atoms with van der Waals surface area (Å²) in [6, 6.07) is 0. The van der Waals surface area contributed by atoms with E-state index in [2.05, 4.69) is 72.0 Å². The van der Waals surface area contributed by atoms with E-state index in [4.69, 9.17) is 0 Å². The summed E-state index contributed by atoms with van der Waals surface area (Å²) in [5.74, 6) is 0.0817. The van der Waals surface area contributed by atoms with Crippen LogP contribution in [0, 0.1) is 0 Å². The summed E-state index contributed by atoms with van der Waals surface area (Å²) >= 11 is 6.56. The van der Waals surface area contributed by atoms with Gasteiger partial charge in [-0.1, -0.05) is 67.8 Å². The third kappa shape index (κ3) is 8.43. The number of alkyl halides is 3. The normalized spacial score (nSPS) is 13.5. The van der Waals surface area contributed by atoms with Gasteiger partial charge in [-0.3, -0.25) is 4.18 Å². The molecule has 0 aliphatic heterocycles. The summed E-state index contributed by atoms with van der Waals surface area (Å²) < 4.78 is 25.9. The average molecular weight is 516 g/mol. The molecule has 11 heavy (non-hydrogen) atoms. The Balaban J connectivity index is 3.91. The van der Waals surface area contributed by atoms with Crippen molar-refractivity contribution in [2.45, 2.75) is 5.86 Å². The Morgan fingerprint density at radius 3 is 2.09 bits per heavy atom. The van der Waals surface area contributed by atoms with E-state index >= 15 is 0 Å². The van der Waals surface area contributed by atoms with Gasteiger partial charge in [-0.25, -0.2) is 0 Å². The maximum Gasteiger partial charge on any atom is 0.267 e. The fraction of sp³-hybridized carbons (Fsp3) is 1.00. The van der Waals surface area contributed by atoms with Crippen molar-refractivity contribution in [3.05, 3.63) is 0 Å². The topological polar surface area (TPSA) is 43.4 Å². The number of halogens is 3. The molecule has 0 radical (unpaired) electrons. The first-order valence-electron chi connectivity index (χ1n) is 2.62. The standard InChI is InChI=1S/C4H7I3O3S/c1-10-11(8,9)3-2-4(5,6)7/h2-3H2,1H3. The quantitative estimate of drug-likeness (QED) is 0.328. The van der Waals surface area contributed by atoms with Gasteiger partial charge in [0, 0.05) is 0 Å². The maximum atomic E-state index is 10.8. The molecule has 0 unspecified atom stereocenters. The van der Waals surface area contributed by atoms with Gasteiger partial charge in [0.2, 0.25) is 0 Å². The Labute approximate surface area is 108 Å². The fourth-order valence-electron chi connectivity index (χ4n) is 0.324. The highest BCUT2D eigenvalue weighted by atomic mass is 127. The van der Waals surface area contributed by atoms with Gasteiger partial charge < -0.3 is 0 Å². The summed E-state index contributed by atoms with van der Waals surface area (Å²) in [5, 5.41) is 0. The summed E-state index contributed by atoms with van der Waals surface area (Å²) in [4.78, 5) is 0. The van der Waals surface area contributed by atoms with Gasteiger partial charge in [0.05, 0.1) is 12.9 Å². The zero-order valence-corrected chi connectivity index (χ0v) is 13.0. The highest BCUT2D eigenvalue weighted by Gasteiger charge is 2.21. The third-order valence-corrected chi connectivity index (χ3v) is 3.72. The summed E-state index contributed by atoms with van der Waals surface area (Å²) in [6.45, 7) is 0. The van der Waals surface area contributed by atoms with E-state index in [1.54, 1.807) is 0 Å². The molecule has 0 saturated carbocycles. The number of rotatable bonds is 4. The van der Waals surface area contributed by atoms with Crippen LogP contribution in [0.2, 0.25) is 0 Å². The van der Waals surface area contributed by atoms with Crippen LogP contribution in [0.5, 0.6) is 0 Å². The molecule has 0 fully saturated rings. The molecule has 0 aliphatic carbocycles. The van der Waals surface area contributed by atoms with E-state index in [0.717, 1.165) is 0 Å². The molecule has 0 spiro atoms. The summed E-state index contributed by atoms with van der Waals surface area (Å²) in [6.07, 6.45) is 0.588. The Hall–Kier alpha value is 2.10. The predicted molar refractivity (Wildman–Crippen MR) is 70.2 cm³/mol. The number of hydrogen-bond donors (Lipinski definition) is 0. The minimum atomic E-state index is -3.27. The molecule has 0 rings (SSSR count). The van der Waals surface area contributed by atoms with E-state index in [1.165, 1.54) is 7.11 Å². The first kappa shape index (κ1) is 13.1. The van der Waals surface area contributed by atoms with Crippen LogP contribution in [0.1, 0.15) is 6.42 Å². The van der Waals surface area contributed by atoms with E-state index in [9.17, 15) is 8.42 Å². The van der Waals surface area contributed by atoms with Crippen molar-refractivity contribution in [1.29, 1.82) is 0 Å². The zero-order valence-electron chi connectivity index (χ0n) is 5.68. The summed E-state index contributed by atoms with van der Waals surface area (Å²) in [7, 11) is -2.08. The van der Waals surface area contributed by atoms with Gasteiger partial charge in [-0.15, -0.1) is 0 Å². The van der Waals surface area contributed by atoms with Crippen LogP contribution in [-0.4, -0.2) is 20.7 Å². The first-order valence-corrected chi connectivity index (χ1v) is 7.43. The van der Waals surface area contributed by atoms with Crippen LogP contribution in [0.15, 0.2) is 0 Å². The van der Waals surface area contributed by atoms with E-state index in [-0.39, 0.29) is 5.19 Å². The molecular formula is C4H7I3O3S. The van der Waals surface area contributed by atoms with Crippen molar-refractivity contribution in [2.24, 2.45) is 0 Å². The second kappa shape index (κ2) is 5.10. The molecule has 7 heteroatoms. The van der Waals surface area contributed by atoms with Crippen LogP contribution < -0.4 is 0 Å². The van der Waals surface area contributed by atoms with E-state index in [1.807, 2.05) is 0 Å². The van der Waals surface area contributed by atoms with Gasteiger partial charge in [-0.05, 0) is 6.42 Å². The minimum Gasteiger partial charge on any atom is -0.273 e. The van der Waals surface area contributed by atoms with Crippen molar-refractivity contribution in [3.63, 3.8) is 0 Å². The van der Waals surface area contributed by atoms with Crippen LogP contribution in [0.3, 0.4) is 0 Å². The lowest BCUT2D eigenvalue weighted by molar-refractivity contribution is 0.397. The van der Waals surface area contributed by atoms with Crippen molar-refractivity contribution in [1.82, 2.24) is 0 Å². The maximum absolute atomic E-state index is 10.8. The highest BCUT2D eigenvalue weighted by molar-refractivity contribution is 14.3. The molecule has 0 amide bonds. The highest BCUT2D eigenvalue weighted by Crippen LogP contribution is 2.39. The Morgan fingerprint density at radius 2 is 1.82 bits per heavy atom. The molecule has 0 aliphatic rings. The lowest BCUT2D eigenvalue weighted by Gasteiger charge is -2.10.